The average Bonchev–Trinajstić information content (AvgIpc) is 3.39. The number of ether oxygens (including phenoxy) is 2. The number of hydrogen-bond donors (Lipinski definition) is 2. The van der Waals surface area contributed by atoms with Crippen LogP contribution >= 0.6 is 0 Å². The maximum absolute atomic E-state index is 11.2. The van der Waals surface area contributed by atoms with E-state index in [2.05, 4.69) is 35.3 Å². The molecule has 5 rings (SSSR count). The van der Waals surface area contributed by atoms with Crippen molar-refractivity contribution in [2.24, 2.45) is 5.10 Å². The Morgan fingerprint density at radius 2 is 1.60 bits per heavy atom. The number of carboxylic acids is 1. The number of rotatable bonds is 7. The Labute approximate surface area is 201 Å². The first-order valence-electron chi connectivity index (χ1n) is 11.3. The number of carbonyl (C=O) groups is 1. The number of furan rings is 1. The maximum Gasteiger partial charge on any atom is 0.335 e. The fourth-order valence-electron chi connectivity index (χ4n) is 3.75. The highest BCUT2D eigenvalue weighted by Gasteiger charge is 2.20. The molecule has 2 aliphatic rings. The topological polar surface area (TPSA) is 138 Å². The Morgan fingerprint density at radius 1 is 0.943 bits per heavy atom. The molecule has 3 aromatic rings. The van der Waals surface area contributed by atoms with E-state index in [1.807, 2.05) is 0 Å². The predicted molar refractivity (Wildman–Crippen MR) is 128 cm³/mol. The molecule has 2 fully saturated rings. The van der Waals surface area contributed by atoms with E-state index >= 15 is 0 Å². The van der Waals surface area contributed by atoms with Gasteiger partial charge in [-0.15, -0.1) is 0 Å². The summed E-state index contributed by atoms with van der Waals surface area (Å²) in [6, 6.07) is 10.1. The third kappa shape index (κ3) is 5.55. The fraction of sp³-hybridized carbons (Fsp3) is 0.348. The van der Waals surface area contributed by atoms with Crippen molar-refractivity contribution in [3.8, 4) is 11.3 Å². The second-order valence-corrected chi connectivity index (χ2v) is 7.92. The minimum atomic E-state index is -0.991. The van der Waals surface area contributed by atoms with Crippen LogP contribution < -0.4 is 15.2 Å². The largest absolute Gasteiger partial charge is 0.478 e. The first kappa shape index (κ1) is 22.7. The van der Waals surface area contributed by atoms with Crippen LogP contribution in [0, 0.1) is 0 Å². The van der Waals surface area contributed by atoms with E-state index in [0.29, 0.717) is 87.5 Å². The van der Waals surface area contributed by atoms with Crippen molar-refractivity contribution in [3.63, 3.8) is 0 Å². The first-order valence-corrected chi connectivity index (χ1v) is 11.3. The molecule has 0 atom stereocenters. The normalized spacial score (nSPS) is 16.6. The van der Waals surface area contributed by atoms with Gasteiger partial charge in [0.05, 0.1) is 38.2 Å². The van der Waals surface area contributed by atoms with E-state index in [1.165, 1.54) is 12.3 Å². The van der Waals surface area contributed by atoms with Gasteiger partial charge in [-0.1, -0.05) is 12.1 Å². The van der Waals surface area contributed by atoms with Gasteiger partial charge in [-0.25, -0.2) is 10.2 Å². The molecule has 0 spiro atoms. The number of aromatic carboxylic acids is 1. The lowest BCUT2D eigenvalue weighted by molar-refractivity contribution is 0.0697. The zero-order valence-corrected chi connectivity index (χ0v) is 19.0. The molecule has 35 heavy (non-hydrogen) atoms. The molecule has 2 saturated heterocycles. The molecule has 0 saturated carbocycles. The van der Waals surface area contributed by atoms with Crippen LogP contribution in [0.5, 0.6) is 0 Å². The minimum Gasteiger partial charge on any atom is -0.478 e. The van der Waals surface area contributed by atoms with Crippen molar-refractivity contribution in [1.29, 1.82) is 0 Å². The summed E-state index contributed by atoms with van der Waals surface area (Å²) in [4.78, 5) is 29.1. The molecule has 2 aromatic heterocycles. The summed E-state index contributed by atoms with van der Waals surface area (Å²) in [5.74, 6) is 1.50. The molecule has 2 N–H and O–H groups in total. The molecule has 1 aromatic carbocycles. The number of benzene rings is 1. The van der Waals surface area contributed by atoms with Crippen molar-refractivity contribution in [1.82, 2.24) is 15.0 Å². The van der Waals surface area contributed by atoms with Gasteiger partial charge < -0.3 is 28.8 Å². The van der Waals surface area contributed by atoms with Gasteiger partial charge in [0, 0.05) is 31.7 Å². The second kappa shape index (κ2) is 10.5. The first-order chi connectivity index (χ1) is 17.2. The van der Waals surface area contributed by atoms with E-state index < -0.39 is 5.97 Å². The van der Waals surface area contributed by atoms with Crippen LogP contribution in [0.15, 0.2) is 45.9 Å². The maximum atomic E-state index is 11.2. The molecule has 0 unspecified atom stereocenters. The third-order valence-electron chi connectivity index (χ3n) is 5.58. The van der Waals surface area contributed by atoms with Crippen molar-refractivity contribution in [2.75, 3.05) is 67.8 Å². The smallest absolute Gasteiger partial charge is 0.335 e. The number of nitrogens with zero attached hydrogens (tertiary/aromatic N) is 6. The van der Waals surface area contributed by atoms with Crippen LogP contribution in [-0.2, 0) is 9.47 Å². The van der Waals surface area contributed by atoms with Crippen molar-refractivity contribution < 1.29 is 23.8 Å². The minimum absolute atomic E-state index is 0.192. The summed E-state index contributed by atoms with van der Waals surface area (Å²) < 4.78 is 16.7. The highest BCUT2D eigenvalue weighted by atomic mass is 16.5. The van der Waals surface area contributed by atoms with Gasteiger partial charge >= 0.3 is 5.97 Å². The van der Waals surface area contributed by atoms with Crippen molar-refractivity contribution in [2.45, 2.75) is 0 Å². The van der Waals surface area contributed by atoms with Gasteiger partial charge in [0.15, 0.2) is 0 Å². The number of morpholine rings is 2. The summed E-state index contributed by atoms with van der Waals surface area (Å²) in [5.41, 5.74) is 3.74. The number of hydrazone groups is 1. The zero-order chi connectivity index (χ0) is 24.0. The van der Waals surface area contributed by atoms with Crippen LogP contribution in [0.3, 0.4) is 0 Å². The molecule has 4 heterocycles. The molecular weight excluding hydrogens is 454 g/mol. The Balaban J connectivity index is 1.32. The molecule has 2 aliphatic heterocycles. The third-order valence-corrected chi connectivity index (χ3v) is 5.58. The quantitative estimate of drug-likeness (QED) is 0.380. The number of nitrogens with one attached hydrogen (secondary N) is 1. The molecule has 0 amide bonds. The SMILES string of the molecule is O=C(O)c1cccc(-c2ccc(/C=N/Nc3nc(N4CCOCC4)nc(N4CCOCC4)n3)o2)c1. The van der Waals surface area contributed by atoms with Gasteiger partial charge in [-0.2, -0.15) is 20.1 Å². The van der Waals surface area contributed by atoms with E-state index in [1.54, 1.807) is 30.3 Å². The monoisotopic (exact) mass is 479 g/mol. The summed E-state index contributed by atoms with van der Waals surface area (Å²) in [6.07, 6.45) is 1.51. The Morgan fingerprint density at radius 3 is 2.23 bits per heavy atom. The van der Waals surface area contributed by atoms with Gasteiger partial charge in [0.2, 0.25) is 17.8 Å². The molecular formula is C23H25N7O5. The van der Waals surface area contributed by atoms with E-state index in [-0.39, 0.29) is 5.56 Å². The van der Waals surface area contributed by atoms with Crippen LogP contribution in [0.4, 0.5) is 17.8 Å². The lowest BCUT2D eigenvalue weighted by Crippen LogP contribution is -2.40. The molecule has 0 radical (unpaired) electrons. The number of carboxylic acid groups (broad SMARTS) is 1. The molecule has 0 bridgehead atoms. The van der Waals surface area contributed by atoms with Gasteiger partial charge in [0.1, 0.15) is 11.5 Å². The van der Waals surface area contributed by atoms with E-state index in [9.17, 15) is 9.90 Å². The summed E-state index contributed by atoms with van der Waals surface area (Å²) in [6.45, 7) is 5.29. The van der Waals surface area contributed by atoms with E-state index in [4.69, 9.17) is 13.9 Å². The molecule has 12 heteroatoms. The van der Waals surface area contributed by atoms with Crippen LogP contribution in [0.1, 0.15) is 16.1 Å². The highest BCUT2D eigenvalue weighted by Crippen LogP contribution is 2.23. The van der Waals surface area contributed by atoms with Crippen LogP contribution in [-0.4, -0.2) is 84.8 Å². The van der Waals surface area contributed by atoms with Gasteiger partial charge in [-0.3, -0.25) is 0 Å². The van der Waals surface area contributed by atoms with Crippen molar-refractivity contribution >= 4 is 30.0 Å². The molecule has 0 aliphatic carbocycles. The highest BCUT2D eigenvalue weighted by molar-refractivity contribution is 5.89. The predicted octanol–water partition coefficient (Wildman–Crippen LogP) is 1.95. The van der Waals surface area contributed by atoms with Crippen LogP contribution in [0.25, 0.3) is 11.3 Å². The zero-order valence-electron chi connectivity index (χ0n) is 19.0. The standard InChI is InChI=1S/C23H25N7O5/c31-20(32)17-3-1-2-16(14-17)19-5-4-18(35-19)15-24-28-21-25-22(29-6-10-33-11-7-29)27-23(26-21)30-8-12-34-13-9-30/h1-5,14-15H,6-13H2,(H,31,32)(H,25,26,27,28)/b24-15+. The summed E-state index contributed by atoms with van der Waals surface area (Å²) in [7, 11) is 0. The second-order valence-electron chi connectivity index (χ2n) is 7.92. The molecule has 12 nitrogen and oxygen atoms in total. The Bertz CT molecular complexity index is 1170. The fourth-order valence-corrected chi connectivity index (χ4v) is 3.75. The lowest BCUT2D eigenvalue weighted by atomic mass is 10.1. The summed E-state index contributed by atoms with van der Waals surface area (Å²) in [5, 5.41) is 13.4. The van der Waals surface area contributed by atoms with Crippen LogP contribution in [0.2, 0.25) is 0 Å². The van der Waals surface area contributed by atoms with E-state index in [0.717, 1.165) is 0 Å². The number of anilines is 3. The average molecular weight is 479 g/mol. The Hall–Kier alpha value is -4.03. The van der Waals surface area contributed by atoms with Crippen molar-refractivity contribution in [3.05, 3.63) is 47.7 Å². The molecule has 182 valence electrons. The number of aromatic nitrogens is 3. The van der Waals surface area contributed by atoms with Gasteiger partial charge in [-0.05, 0) is 24.3 Å². The lowest BCUT2D eigenvalue weighted by Gasteiger charge is -2.30. The Kier molecular flexibility index (Phi) is 6.82. The number of hydrogen-bond acceptors (Lipinski definition) is 11. The van der Waals surface area contributed by atoms with Gasteiger partial charge in [0.25, 0.3) is 0 Å². The summed E-state index contributed by atoms with van der Waals surface area (Å²) >= 11 is 0.